The smallest absolute Gasteiger partial charge is 0.0561 e. The summed E-state index contributed by atoms with van der Waals surface area (Å²) in [7, 11) is 0. The molecular formula is C52H36N2. The van der Waals surface area contributed by atoms with Crippen LogP contribution in [-0.2, 0) is 0 Å². The molecule has 0 atom stereocenters. The summed E-state index contributed by atoms with van der Waals surface area (Å²) >= 11 is 0. The Morgan fingerprint density at radius 2 is 0.815 bits per heavy atom. The van der Waals surface area contributed by atoms with Crippen molar-refractivity contribution in [2.24, 2.45) is 0 Å². The fourth-order valence-corrected chi connectivity index (χ4v) is 8.13. The molecule has 0 saturated heterocycles. The van der Waals surface area contributed by atoms with E-state index in [9.17, 15) is 0 Å². The zero-order valence-electron chi connectivity index (χ0n) is 29.7. The van der Waals surface area contributed by atoms with E-state index in [0.29, 0.717) is 0 Å². The van der Waals surface area contributed by atoms with Crippen molar-refractivity contribution in [1.82, 2.24) is 4.57 Å². The molecule has 0 saturated carbocycles. The van der Waals surface area contributed by atoms with E-state index in [1.54, 1.807) is 0 Å². The van der Waals surface area contributed by atoms with Gasteiger partial charge in [0.05, 0.1) is 16.7 Å². The first-order valence-corrected chi connectivity index (χ1v) is 18.5. The number of hydrogen-bond acceptors (Lipinski definition) is 1. The van der Waals surface area contributed by atoms with Crippen molar-refractivity contribution in [3.05, 3.63) is 218 Å². The monoisotopic (exact) mass is 688 g/mol. The Hall–Kier alpha value is -7.16. The van der Waals surface area contributed by atoms with E-state index in [1.807, 2.05) is 0 Å². The van der Waals surface area contributed by atoms with Crippen molar-refractivity contribution in [2.75, 3.05) is 4.90 Å². The fourth-order valence-electron chi connectivity index (χ4n) is 8.13. The van der Waals surface area contributed by atoms with Crippen LogP contribution in [0, 0.1) is 0 Å². The van der Waals surface area contributed by atoms with Crippen molar-refractivity contribution >= 4 is 49.6 Å². The fraction of sp³-hybridized carbons (Fsp3) is 0. The highest BCUT2D eigenvalue weighted by atomic mass is 15.1. The molecule has 2 heteroatoms. The quantitative estimate of drug-likeness (QED) is 0.162. The summed E-state index contributed by atoms with van der Waals surface area (Å²) in [6, 6.07) is 78.9. The van der Waals surface area contributed by atoms with Crippen LogP contribution in [0.2, 0.25) is 0 Å². The molecule has 1 aromatic heterocycles. The summed E-state index contributed by atoms with van der Waals surface area (Å²) in [5.41, 5.74) is 14.1. The number of nitrogens with zero attached hydrogens (tertiary/aromatic N) is 2. The normalized spacial score (nSPS) is 11.3. The highest BCUT2D eigenvalue weighted by Gasteiger charge is 2.20. The topological polar surface area (TPSA) is 8.17 Å². The lowest BCUT2D eigenvalue weighted by Gasteiger charge is -2.28. The molecule has 10 rings (SSSR count). The van der Waals surface area contributed by atoms with Crippen LogP contribution in [0.1, 0.15) is 0 Å². The van der Waals surface area contributed by atoms with Crippen LogP contribution in [-0.4, -0.2) is 4.57 Å². The second-order valence-electron chi connectivity index (χ2n) is 13.7. The number of rotatable bonds is 7. The Labute approximate surface area is 315 Å². The molecule has 0 amide bonds. The predicted molar refractivity (Wildman–Crippen MR) is 229 cm³/mol. The van der Waals surface area contributed by atoms with E-state index in [1.165, 1.54) is 60.4 Å². The Bertz CT molecular complexity index is 2910. The summed E-state index contributed by atoms with van der Waals surface area (Å²) in [6.07, 6.45) is 0. The van der Waals surface area contributed by atoms with Gasteiger partial charge in [-0.15, -0.1) is 0 Å². The van der Waals surface area contributed by atoms with Crippen LogP contribution >= 0.6 is 0 Å². The summed E-state index contributed by atoms with van der Waals surface area (Å²) in [6.45, 7) is 0. The van der Waals surface area contributed by atoms with E-state index in [2.05, 4.69) is 228 Å². The minimum atomic E-state index is 1.10. The van der Waals surface area contributed by atoms with Crippen molar-refractivity contribution < 1.29 is 0 Å². The van der Waals surface area contributed by atoms with Gasteiger partial charge < -0.3 is 9.47 Å². The first-order valence-electron chi connectivity index (χ1n) is 18.5. The number of benzene rings is 9. The minimum absolute atomic E-state index is 1.10. The number of aromatic nitrogens is 1. The van der Waals surface area contributed by atoms with Crippen molar-refractivity contribution in [3.8, 4) is 39.1 Å². The van der Waals surface area contributed by atoms with E-state index in [4.69, 9.17) is 0 Å². The van der Waals surface area contributed by atoms with Gasteiger partial charge in [0, 0.05) is 33.2 Å². The van der Waals surface area contributed by atoms with Crippen LogP contribution in [0.25, 0.3) is 71.6 Å². The maximum absolute atomic E-state index is 2.44. The molecule has 9 aromatic carbocycles. The maximum Gasteiger partial charge on any atom is 0.0561 e. The van der Waals surface area contributed by atoms with E-state index in [0.717, 1.165) is 28.3 Å². The average Bonchev–Trinajstić information content (AvgIpc) is 3.58. The van der Waals surface area contributed by atoms with Gasteiger partial charge in [-0.2, -0.15) is 0 Å². The summed E-state index contributed by atoms with van der Waals surface area (Å²) in [5.74, 6) is 0. The summed E-state index contributed by atoms with van der Waals surface area (Å²) in [5, 5.41) is 4.88. The third-order valence-corrected chi connectivity index (χ3v) is 10.6. The highest BCUT2D eigenvalue weighted by Crippen LogP contribution is 2.44. The minimum Gasteiger partial charge on any atom is -0.310 e. The largest absolute Gasteiger partial charge is 0.310 e. The second-order valence-corrected chi connectivity index (χ2v) is 13.7. The Morgan fingerprint density at radius 1 is 0.296 bits per heavy atom. The zero-order valence-corrected chi connectivity index (χ0v) is 29.7. The molecule has 0 N–H and O–H groups in total. The van der Waals surface area contributed by atoms with Gasteiger partial charge in [0.2, 0.25) is 0 Å². The van der Waals surface area contributed by atoms with Gasteiger partial charge in [-0.3, -0.25) is 0 Å². The second kappa shape index (κ2) is 13.4. The van der Waals surface area contributed by atoms with Crippen LogP contribution in [0.5, 0.6) is 0 Å². The molecule has 2 nitrogen and oxygen atoms in total. The SMILES string of the molecule is c1ccc(-c2ccc(-n3c4ccccc4c4ccc(N(c5ccccc5)c5ccc(-c6ccccc6)c6ccccc56)cc43)cc2-c2ccccc2)cc1. The molecule has 254 valence electrons. The molecule has 54 heavy (non-hydrogen) atoms. The number of anilines is 3. The van der Waals surface area contributed by atoms with E-state index >= 15 is 0 Å². The average molecular weight is 689 g/mol. The van der Waals surface area contributed by atoms with Gasteiger partial charge in [-0.1, -0.05) is 170 Å². The first-order chi connectivity index (χ1) is 26.8. The lowest BCUT2D eigenvalue weighted by Crippen LogP contribution is -2.10. The summed E-state index contributed by atoms with van der Waals surface area (Å²) in [4.78, 5) is 2.41. The Balaban J connectivity index is 1.21. The van der Waals surface area contributed by atoms with Gasteiger partial charge in [-0.25, -0.2) is 0 Å². The molecule has 1 heterocycles. The standard InChI is InChI=1S/C52H36N2/c1-5-17-37(18-6-1)43-33-34-51(46-26-14-13-25-45(43)46)53(40-23-11-4-12-24-40)42-30-32-48-47-27-15-16-28-50(47)54(52(48)36-42)41-29-31-44(38-19-7-2-8-20-38)49(35-41)39-21-9-3-10-22-39/h1-36H. The molecule has 0 radical (unpaired) electrons. The summed E-state index contributed by atoms with van der Waals surface area (Å²) < 4.78 is 2.44. The van der Waals surface area contributed by atoms with Crippen LogP contribution in [0.15, 0.2) is 218 Å². The molecule has 0 aliphatic heterocycles. The lowest BCUT2D eigenvalue weighted by molar-refractivity contribution is 1.18. The number of para-hydroxylation sites is 2. The Morgan fingerprint density at radius 3 is 1.50 bits per heavy atom. The maximum atomic E-state index is 2.44. The van der Waals surface area contributed by atoms with E-state index < -0.39 is 0 Å². The predicted octanol–water partition coefficient (Wildman–Crippen LogP) is 14.4. The van der Waals surface area contributed by atoms with Gasteiger partial charge >= 0.3 is 0 Å². The molecule has 0 bridgehead atoms. The Kier molecular flexibility index (Phi) is 7.85. The highest BCUT2D eigenvalue weighted by molar-refractivity contribution is 6.11. The number of fused-ring (bicyclic) bond motifs is 4. The van der Waals surface area contributed by atoms with Gasteiger partial charge in [0.15, 0.2) is 0 Å². The van der Waals surface area contributed by atoms with Crippen molar-refractivity contribution in [1.29, 1.82) is 0 Å². The van der Waals surface area contributed by atoms with Gasteiger partial charge in [0.25, 0.3) is 0 Å². The van der Waals surface area contributed by atoms with Gasteiger partial charge in [-0.05, 0) is 87.3 Å². The molecule has 0 aliphatic carbocycles. The third-order valence-electron chi connectivity index (χ3n) is 10.6. The molecule has 0 fully saturated rings. The number of hydrogen-bond donors (Lipinski definition) is 0. The van der Waals surface area contributed by atoms with Crippen LogP contribution in [0.3, 0.4) is 0 Å². The molecular weight excluding hydrogens is 653 g/mol. The van der Waals surface area contributed by atoms with Gasteiger partial charge in [0.1, 0.15) is 0 Å². The van der Waals surface area contributed by atoms with Crippen LogP contribution < -0.4 is 4.90 Å². The van der Waals surface area contributed by atoms with E-state index in [-0.39, 0.29) is 0 Å². The molecule has 0 spiro atoms. The first kappa shape index (κ1) is 31.6. The third kappa shape index (κ3) is 5.44. The zero-order chi connectivity index (χ0) is 35.8. The molecule has 0 unspecified atom stereocenters. The van der Waals surface area contributed by atoms with Crippen molar-refractivity contribution in [3.63, 3.8) is 0 Å². The molecule has 10 aromatic rings. The lowest BCUT2D eigenvalue weighted by atomic mass is 9.94. The van der Waals surface area contributed by atoms with Crippen molar-refractivity contribution in [2.45, 2.75) is 0 Å². The van der Waals surface area contributed by atoms with Crippen LogP contribution in [0.4, 0.5) is 17.1 Å². The molecule has 0 aliphatic rings.